The number of rotatable bonds is 6. The van der Waals surface area contributed by atoms with E-state index in [0.717, 1.165) is 19.4 Å². The summed E-state index contributed by atoms with van der Waals surface area (Å²) in [4.78, 5) is 0. The van der Waals surface area contributed by atoms with Gasteiger partial charge < -0.3 is 11.1 Å². The Morgan fingerprint density at radius 1 is 1.35 bits per heavy atom. The standard InChI is InChI=1S/C15H24N2/c1-15(2)10-14(15)17-11-13(16)9-8-12-6-4-3-5-7-12/h3-7,13-14,17H,8-11,16H2,1-2H3. The summed E-state index contributed by atoms with van der Waals surface area (Å²) >= 11 is 0. The molecule has 2 unspecified atom stereocenters. The van der Waals surface area contributed by atoms with Gasteiger partial charge in [-0.3, -0.25) is 0 Å². The molecule has 1 aliphatic carbocycles. The maximum Gasteiger partial charge on any atom is 0.0168 e. The lowest BCUT2D eigenvalue weighted by molar-refractivity contribution is 0.494. The van der Waals surface area contributed by atoms with Gasteiger partial charge in [-0.25, -0.2) is 0 Å². The minimum Gasteiger partial charge on any atom is -0.327 e. The SMILES string of the molecule is CC1(C)CC1NCC(N)CCc1ccccc1. The highest BCUT2D eigenvalue weighted by molar-refractivity contribution is 5.14. The molecular formula is C15H24N2. The van der Waals surface area contributed by atoms with Crippen molar-refractivity contribution in [1.82, 2.24) is 5.32 Å². The van der Waals surface area contributed by atoms with E-state index in [2.05, 4.69) is 49.5 Å². The van der Waals surface area contributed by atoms with Crippen molar-refractivity contribution in [2.75, 3.05) is 6.54 Å². The van der Waals surface area contributed by atoms with Gasteiger partial charge in [-0.2, -0.15) is 0 Å². The van der Waals surface area contributed by atoms with Gasteiger partial charge in [0.25, 0.3) is 0 Å². The fourth-order valence-corrected chi connectivity index (χ4v) is 2.21. The van der Waals surface area contributed by atoms with Crippen molar-refractivity contribution in [3.8, 4) is 0 Å². The average Bonchev–Trinajstić information content (AvgIpc) is 2.93. The summed E-state index contributed by atoms with van der Waals surface area (Å²) in [6.45, 7) is 5.56. The molecule has 0 amide bonds. The summed E-state index contributed by atoms with van der Waals surface area (Å²) < 4.78 is 0. The van der Waals surface area contributed by atoms with Crippen LogP contribution in [0.25, 0.3) is 0 Å². The van der Waals surface area contributed by atoms with E-state index < -0.39 is 0 Å². The van der Waals surface area contributed by atoms with Crippen LogP contribution in [0.5, 0.6) is 0 Å². The summed E-state index contributed by atoms with van der Waals surface area (Å²) in [6.07, 6.45) is 3.43. The van der Waals surface area contributed by atoms with Crippen LogP contribution in [0, 0.1) is 5.41 Å². The summed E-state index contributed by atoms with van der Waals surface area (Å²) in [5.41, 5.74) is 8.01. The zero-order chi connectivity index (χ0) is 12.3. The Morgan fingerprint density at radius 3 is 2.59 bits per heavy atom. The van der Waals surface area contributed by atoms with Crippen LogP contribution < -0.4 is 11.1 Å². The number of nitrogens with one attached hydrogen (secondary N) is 1. The van der Waals surface area contributed by atoms with E-state index in [4.69, 9.17) is 5.73 Å². The first-order valence-electron chi connectivity index (χ1n) is 6.61. The Hall–Kier alpha value is -0.860. The molecule has 2 heteroatoms. The second kappa shape index (κ2) is 5.19. The number of hydrogen-bond donors (Lipinski definition) is 2. The van der Waals surface area contributed by atoms with Gasteiger partial charge >= 0.3 is 0 Å². The Balaban J connectivity index is 1.63. The van der Waals surface area contributed by atoms with Crippen molar-refractivity contribution in [3.63, 3.8) is 0 Å². The summed E-state index contributed by atoms with van der Waals surface area (Å²) in [7, 11) is 0. The fourth-order valence-electron chi connectivity index (χ4n) is 2.21. The number of benzene rings is 1. The number of aryl methyl sites for hydroxylation is 1. The average molecular weight is 232 g/mol. The van der Waals surface area contributed by atoms with Gasteiger partial charge in [-0.05, 0) is 30.2 Å². The van der Waals surface area contributed by atoms with Crippen LogP contribution in [0.1, 0.15) is 32.3 Å². The zero-order valence-corrected chi connectivity index (χ0v) is 10.9. The topological polar surface area (TPSA) is 38.0 Å². The molecule has 2 rings (SSSR count). The van der Waals surface area contributed by atoms with Crippen molar-refractivity contribution in [2.24, 2.45) is 11.1 Å². The quantitative estimate of drug-likeness (QED) is 0.790. The van der Waals surface area contributed by atoms with Gasteiger partial charge in [-0.15, -0.1) is 0 Å². The molecule has 0 aromatic heterocycles. The van der Waals surface area contributed by atoms with Gasteiger partial charge in [0.05, 0.1) is 0 Å². The largest absolute Gasteiger partial charge is 0.327 e. The zero-order valence-electron chi connectivity index (χ0n) is 10.9. The molecule has 1 aliphatic rings. The van der Waals surface area contributed by atoms with Crippen molar-refractivity contribution >= 4 is 0 Å². The van der Waals surface area contributed by atoms with Crippen molar-refractivity contribution in [3.05, 3.63) is 35.9 Å². The maximum absolute atomic E-state index is 6.12. The molecule has 0 saturated heterocycles. The lowest BCUT2D eigenvalue weighted by Gasteiger charge is -2.13. The third-order valence-electron chi connectivity index (χ3n) is 3.79. The van der Waals surface area contributed by atoms with Crippen LogP contribution in [0.2, 0.25) is 0 Å². The number of hydrogen-bond acceptors (Lipinski definition) is 2. The smallest absolute Gasteiger partial charge is 0.0168 e. The van der Waals surface area contributed by atoms with Crippen LogP contribution in [-0.4, -0.2) is 18.6 Å². The molecule has 0 spiro atoms. The van der Waals surface area contributed by atoms with E-state index in [-0.39, 0.29) is 6.04 Å². The molecule has 17 heavy (non-hydrogen) atoms. The van der Waals surface area contributed by atoms with Crippen LogP contribution in [0.4, 0.5) is 0 Å². The van der Waals surface area contributed by atoms with E-state index in [1.165, 1.54) is 12.0 Å². The van der Waals surface area contributed by atoms with E-state index >= 15 is 0 Å². The molecule has 2 nitrogen and oxygen atoms in total. The third-order valence-corrected chi connectivity index (χ3v) is 3.79. The van der Waals surface area contributed by atoms with Gasteiger partial charge in [-0.1, -0.05) is 44.2 Å². The first-order chi connectivity index (χ1) is 8.08. The van der Waals surface area contributed by atoms with Gasteiger partial charge in [0, 0.05) is 18.6 Å². The minimum atomic E-state index is 0.270. The van der Waals surface area contributed by atoms with Crippen LogP contribution in [0.3, 0.4) is 0 Å². The van der Waals surface area contributed by atoms with Crippen molar-refractivity contribution < 1.29 is 0 Å². The van der Waals surface area contributed by atoms with Gasteiger partial charge in [0.15, 0.2) is 0 Å². The predicted molar refractivity (Wildman–Crippen MR) is 72.9 cm³/mol. The highest BCUT2D eigenvalue weighted by Crippen LogP contribution is 2.44. The summed E-state index contributed by atoms with van der Waals surface area (Å²) in [6, 6.07) is 11.5. The molecule has 0 bridgehead atoms. The molecule has 1 aromatic rings. The van der Waals surface area contributed by atoms with E-state index in [1.807, 2.05) is 0 Å². The maximum atomic E-state index is 6.12. The lowest BCUT2D eigenvalue weighted by Crippen LogP contribution is -2.36. The van der Waals surface area contributed by atoms with Gasteiger partial charge in [0.1, 0.15) is 0 Å². The fraction of sp³-hybridized carbons (Fsp3) is 0.600. The Kier molecular flexibility index (Phi) is 3.85. The summed E-state index contributed by atoms with van der Waals surface area (Å²) in [5.74, 6) is 0. The molecule has 0 aliphatic heterocycles. The Labute approximate surface area is 105 Å². The van der Waals surface area contributed by atoms with Crippen LogP contribution in [-0.2, 0) is 6.42 Å². The Bertz CT molecular complexity index is 345. The lowest BCUT2D eigenvalue weighted by atomic mass is 10.1. The normalized spacial score (nSPS) is 23.4. The van der Waals surface area contributed by atoms with E-state index in [9.17, 15) is 0 Å². The number of nitrogens with two attached hydrogens (primary N) is 1. The molecule has 94 valence electrons. The first-order valence-corrected chi connectivity index (χ1v) is 6.61. The molecule has 2 atom stereocenters. The van der Waals surface area contributed by atoms with Crippen molar-refractivity contribution in [1.29, 1.82) is 0 Å². The van der Waals surface area contributed by atoms with Crippen LogP contribution in [0.15, 0.2) is 30.3 Å². The van der Waals surface area contributed by atoms with E-state index in [1.54, 1.807) is 0 Å². The van der Waals surface area contributed by atoms with Crippen LogP contribution >= 0.6 is 0 Å². The molecule has 0 heterocycles. The third kappa shape index (κ3) is 3.83. The predicted octanol–water partition coefficient (Wildman–Crippen LogP) is 2.33. The molecule has 1 fully saturated rings. The van der Waals surface area contributed by atoms with Gasteiger partial charge in [0.2, 0.25) is 0 Å². The van der Waals surface area contributed by atoms with E-state index in [0.29, 0.717) is 11.5 Å². The molecular weight excluding hydrogens is 208 g/mol. The second-order valence-electron chi connectivity index (χ2n) is 5.94. The van der Waals surface area contributed by atoms with Crippen molar-refractivity contribution in [2.45, 2.75) is 45.2 Å². The first kappa shape index (κ1) is 12.6. The monoisotopic (exact) mass is 232 g/mol. The molecule has 0 radical (unpaired) electrons. The molecule has 1 aromatic carbocycles. The highest BCUT2D eigenvalue weighted by Gasteiger charge is 2.45. The highest BCUT2D eigenvalue weighted by atomic mass is 15.0. The minimum absolute atomic E-state index is 0.270. The molecule has 3 N–H and O–H groups in total. The molecule has 1 saturated carbocycles. The Morgan fingerprint density at radius 2 is 2.00 bits per heavy atom. The summed E-state index contributed by atoms with van der Waals surface area (Å²) in [5, 5.41) is 3.56. The second-order valence-corrected chi connectivity index (χ2v) is 5.94.